The Kier molecular flexibility index (Phi) is 5.04. The molecule has 0 bridgehead atoms. The van der Waals surface area contributed by atoms with E-state index in [0.717, 1.165) is 5.56 Å². The minimum absolute atomic E-state index is 0.0964. The van der Waals surface area contributed by atoms with Gasteiger partial charge in [-0.05, 0) is 32.5 Å². The average molecular weight is 281 g/mol. The molecule has 0 aliphatic rings. The Hall–Kier alpha value is -2.15. The molecule has 7 nitrogen and oxygen atoms in total. The SMILES string of the molecule is CNC(C)(CCOc1cc(C)ccc1[N+](=O)[O-])C(N)=O. The van der Waals surface area contributed by atoms with E-state index in [2.05, 4.69) is 5.32 Å². The molecule has 0 saturated heterocycles. The molecule has 3 N–H and O–H groups in total. The summed E-state index contributed by atoms with van der Waals surface area (Å²) >= 11 is 0. The van der Waals surface area contributed by atoms with Crippen molar-refractivity contribution in [2.75, 3.05) is 13.7 Å². The summed E-state index contributed by atoms with van der Waals surface area (Å²) in [4.78, 5) is 21.7. The van der Waals surface area contributed by atoms with Crippen molar-refractivity contribution in [2.45, 2.75) is 25.8 Å². The monoisotopic (exact) mass is 281 g/mol. The van der Waals surface area contributed by atoms with Crippen LogP contribution >= 0.6 is 0 Å². The molecule has 1 amide bonds. The lowest BCUT2D eigenvalue weighted by Crippen LogP contribution is -2.52. The highest BCUT2D eigenvalue weighted by atomic mass is 16.6. The van der Waals surface area contributed by atoms with Gasteiger partial charge in [-0.25, -0.2) is 0 Å². The van der Waals surface area contributed by atoms with E-state index in [1.165, 1.54) is 6.07 Å². The number of benzene rings is 1. The number of nitro benzene ring substituents is 1. The van der Waals surface area contributed by atoms with E-state index in [4.69, 9.17) is 10.5 Å². The van der Waals surface area contributed by atoms with E-state index in [9.17, 15) is 14.9 Å². The standard InChI is InChI=1S/C13H19N3O4/c1-9-4-5-10(16(18)19)11(8-9)20-7-6-13(2,15-3)12(14)17/h4-5,8,15H,6-7H2,1-3H3,(H2,14,17). The van der Waals surface area contributed by atoms with E-state index >= 15 is 0 Å². The first-order valence-corrected chi connectivity index (χ1v) is 6.17. The molecular formula is C13H19N3O4. The average Bonchev–Trinajstić information content (AvgIpc) is 2.38. The Morgan fingerprint density at radius 3 is 2.70 bits per heavy atom. The Labute approximate surface area is 117 Å². The number of ether oxygens (including phenoxy) is 1. The molecule has 110 valence electrons. The third-order valence-corrected chi connectivity index (χ3v) is 3.27. The fourth-order valence-electron chi connectivity index (χ4n) is 1.62. The third kappa shape index (κ3) is 3.67. The van der Waals surface area contributed by atoms with Crippen molar-refractivity contribution in [3.8, 4) is 5.75 Å². The fraction of sp³-hybridized carbons (Fsp3) is 0.462. The number of nitrogens with zero attached hydrogens (tertiary/aromatic N) is 1. The van der Waals surface area contributed by atoms with Gasteiger partial charge in [0.15, 0.2) is 5.75 Å². The maximum atomic E-state index is 11.3. The Bertz CT molecular complexity index is 518. The maximum Gasteiger partial charge on any atom is 0.310 e. The summed E-state index contributed by atoms with van der Waals surface area (Å²) in [6.07, 6.45) is 0.309. The van der Waals surface area contributed by atoms with Gasteiger partial charge in [0.25, 0.3) is 0 Å². The van der Waals surface area contributed by atoms with Gasteiger partial charge in [-0.1, -0.05) is 6.07 Å². The van der Waals surface area contributed by atoms with Gasteiger partial charge in [0.05, 0.1) is 17.1 Å². The van der Waals surface area contributed by atoms with Gasteiger partial charge >= 0.3 is 5.69 Å². The number of rotatable bonds is 7. The molecule has 1 atom stereocenters. The second kappa shape index (κ2) is 6.33. The third-order valence-electron chi connectivity index (χ3n) is 3.27. The predicted octanol–water partition coefficient (Wildman–Crippen LogP) is 1.14. The number of nitro groups is 1. The number of nitrogens with two attached hydrogens (primary N) is 1. The Morgan fingerprint density at radius 2 is 2.20 bits per heavy atom. The summed E-state index contributed by atoms with van der Waals surface area (Å²) in [5, 5.41) is 13.7. The summed E-state index contributed by atoms with van der Waals surface area (Å²) < 4.78 is 5.44. The van der Waals surface area contributed by atoms with Gasteiger partial charge in [0.2, 0.25) is 5.91 Å². The summed E-state index contributed by atoms with van der Waals surface area (Å²) in [5.41, 5.74) is 5.16. The number of nitrogens with one attached hydrogen (secondary N) is 1. The zero-order chi connectivity index (χ0) is 15.3. The van der Waals surface area contributed by atoms with Gasteiger partial charge < -0.3 is 15.8 Å². The first-order valence-electron chi connectivity index (χ1n) is 6.17. The van der Waals surface area contributed by atoms with Crippen molar-refractivity contribution in [1.29, 1.82) is 0 Å². The topological polar surface area (TPSA) is 107 Å². The van der Waals surface area contributed by atoms with Gasteiger partial charge in [-0.15, -0.1) is 0 Å². The van der Waals surface area contributed by atoms with Gasteiger partial charge in [0, 0.05) is 12.5 Å². The Balaban J connectivity index is 2.78. The summed E-state index contributed by atoms with van der Waals surface area (Å²) in [6.45, 7) is 3.62. The molecule has 1 rings (SSSR count). The van der Waals surface area contributed by atoms with Crippen molar-refractivity contribution in [3.63, 3.8) is 0 Å². The lowest BCUT2D eigenvalue weighted by atomic mass is 9.98. The van der Waals surface area contributed by atoms with Crippen LogP contribution in [0.25, 0.3) is 0 Å². The molecule has 0 radical (unpaired) electrons. The number of aryl methyl sites for hydroxylation is 1. The van der Waals surface area contributed by atoms with E-state index in [-0.39, 0.29) is 18.0 Å². The van der Waals surface area contributed by atoms with E-state index in [1.54, 1.807) is 26.1 Å². The van der Waals surface area contributed by atoms with Crippen LogP contribution in [0.5, 0.6) is 5.75 Å². The minimum atomic E-state index is -0.904. The van der Waals surface area contributed by atoms with Crippen molar-refractivity contribution < 1.29 is 14.5 Å². The number of carbonyl (C=O) groups excluding carboxylic acids is 1. The molecule has 1 unspecified atom stereocenters. The van der Waals surface area contributed by atoms with Crippen molar-refractivity contribution >= 4 is 11.6 Å². The number of carbonyl (C=O) groups is 1. The van der Waals surface area contributed by atoms with Crippen LogP contribution in [0, 0.1) is 17.0 Å². The van der Waals surface area contributed by atoms with Crippen LogP contribution < -0.4 is 15.8 Å². The van der Waals surface area contributed by atoms with Gasteiger partial charge in [0.1, 0.15) is 0 Å². The predicted molar refractivity (Wildman–Crippen MR) is 74.6 cm³/mol. The largest absolute Gasteiger partial charge is 0.487 e. The number of hydrogen-bond acceptors (Lipinski definition) is 5. The molecule has 0 saturated carbocycles. The summed E-state index contributed by atoms with van der Waals surface area (Å²) in [6, 6.07) is 4.64. The number of hydrogen-bond donors (Lipinski definition) is 2. The van der Waals surface area contributed by atoms with Crippen LogP contribution in [0.3, 0.4) is 0 Å². The lowest BCUT2D eigenvalue weighted by Gasteiger charge is -2.25. The molecule has 20 heavy (non-hydrogen) atoms. The molecule has 1 aromatic rings. The highest BCUT2D eigenvalue weighted by Crippen LogP contribution is 2.28. The van der Waals surface area contributed by atoms with Crippen molar-refractivity contribution in [3.05, 3.63) is 33.9 Å². The first kappa shape index (κ1) is 15.9. The second-order valence-corrected chi connectivity index (χ2v) is 4.77. The molecular weight excluding hydrogens is 262 g/mol. The molecule has 0 aliphatic carbocycles. The number of primary amides is 1. The number of likely N-dealkylation sites (N-methyl/N-ethyl adjacent to an activating group) is 1. The lowest BCUT2D eigenvalue weighted by molar-refractivity contribution is -0.385. The van der Waals surface area contributed by atoms with E-state index in [0.29, 0.717) is 6.42 Å². The minimum Gasteiger partial charge on any atom is -0.487 e. The van der Waals surface area contributed by atoms with Gasteiger partial charge in [-0.3, -0.25) is 14.9 Å². The maximum absolute atomic E-state index is 11.3. The highest BCUT2D eigenvalue weighted by molar-refractivity contribution is 5.84. The summed E-state index contributed by atoms with van der Waals surface area (Å²) in [7, 11) is 1.62. The van der Waals surface area contributed by atoms with Crippen molar-refractivity contribution in [1.82, 2.24) is 5.32 Å². The molecule has 0 heterocycles. The summed E-state index contributed by atoms with van der Waals surface area (Å²) in [5.74, 6) is -0.305. The van der Waals surface area contributed by atoms with Crippen LogP contribution in [-0.4, -0.2) is 30.0 Å². The Morgan fingerprint density at radius 1 is 1.55 bits per heavy atom. The molecule has 0 spiro atoms. The quantitative estimate of drug-likeness (QED) is 0.575. The normalized spacial score (nSPS) is 13.6. The molecule has 0 fully saturated rings. The van der Waals surface area contributed by atoms with E-state index in [1.807, 2.05) is 6.92 Å². The highest BCUT2D eigenvalue weighted by Gasteiger charge is 2.29. The molecule has 7 heteroatoms. The van der Waals surface area contributed by atoms with Crippen LogP contribution in [0.4, 0.5) is 5.69 Å². The van der Waals surface area contributed by atoms with E-state index < -0.39 is 16.4 Å². The molecule has 1 aromatic carbocycles. The van der Waals surface area contributed by atoms with Gasteiger partial charge in [-0.2, -0.15) is 0 Å². The smallest absolute Gasteiger partial charge is 0.310 e. The zero-order valence-electron chi connectivity index (χ0n) is 11.8. The number of amides is 1. The first-order chi connectivity index (χ1) is 9.30. The molecule has 0 aromatic heterocycles. The van der Waals surface area contributed by atoms with Crippen LogP contribution in [0.15, 0.2) is 18.2 Å². The molecule has 0 aliphatic heterocycles. The second-order valence-electron chi connectivity index (χ2n) is 4.77. The fourth-order valence-corrected chi connectivity index (χ4v) is 1.62. The van der Waals surface area contributed by atoms with Crippen LogP contribution in [0.1, 0.15) is 18.9 Å². The zero-order valence-corrected chi connectivity index (χ0v) is 11.8. The van der Waals surface area contributed by atoms with Crippen LogP contribution in [0.2, 0.25) is 0 Å². The van der Waals surface area contributed by atoms with Crippen LogP contribution in [-0.2, 0) is 4.79 Å². The van der Waals surface area contributed by atoms with Crippen molar-refractivity contribution in [2.24, 2.45) is 5.73 Å².